The number of aromatic nitrogens is 1. The molecule has 2 aromatic rings. The van der Waals surface area contributed by atoms with Gasteiger partial charge in [0.25, 0.3) is 0 Å². The molecule has 15 heavy (non-hydrogen) atoms. The molecule has 0 fully saturated rings. The van der Waals surface area contributed by atoms with E-state index in [0.29, 0.717) is 11.4 Å². The minimum atomic E-state index is -0.955. The number of hydrogen-bond donors (Lipinski definition) is 3. The Bertz CT molecular complexity index is 508. The molecular formula is C11H13N3O. The summed E-state index contributed by atoms with van der Waals surface area (Å²) >= 11 is 0. The van der Waals surface area contributed by atoms with Crippen LogP contribution in [0, 0.1) is 6.92 Å². The summed E-state index contributed by atoms with van der Waals surface area (Å²) in [4.78, 5) is 4.01. The monoisotopic (exact) mass is 203 g/mol. The van der Waals surface area contributed by atoms with E-state index in [1.165, 1.54) is 0 Å². The smallest absolute Gasteiger partial charge is 0.131 e. The topological polar surface area (TPSA) is 85.2 Å². The van der Waals surface area contributed by atoms with Gasteiger partial charge in [-0.25, -0.2) is 4.98 Å². The minimum absolute atomic E-state index is 0.494. The van der Waals surface area contributed by atoms with Gasteiger partial charge in [0.2, 0.25) is 0 Å². The second kappa shape index (κ2) is 3.49. The van der Waals surface area contributed by atoms with Crippen molar-refractivity contribution in [3.05, 3.63) is 35.5 Å². The molecule has 5 N–H and O–H groups in total. The van der Waals surface area contributed by atoms with E-state index in [0.717, 1.165) is 16.3 Å². The number of hydrogen-bond acceptors (Lipinski definition) is 4. The van der Waals surface area contributed by atoms with Crippen molar-refractivity contribution < 1.29 is 5.11 Å². The molecule has 1 heterocycles. The molecule has 0 spiro atoms. The van der Waals surface area contributed by atoms with Crippen molar-refractivity contribution in [1.29, 1.82) is 0 Å². The predicted molar refractivity (Wildman–Crippen MR) is 60.0 cm³/mol. The van der Waals surface area contributed by atoms with E-state index in [1.807, 2.05) is 25.1 Å². The van der Waals surface area contributed by atoms with Crippen LogP contribution in [0.1, 0.15) is 17.4 Å². The fourth-order valence-corrected chi connectivity index (χ4v) is 1.69. The number of aryl methyl sites for hydroxylation is 1. The Kier molecular flexibility index (Phi) is 2.30. The average Bonchev–Trinajstić information content (AvgIpc) is 2.18. The number of nitrogens with two attached hydrogens (primary N) is 2. The molecule has 1 aromatic heterocycles. The molecule has 0 aliphatic carbocycles. The molecule has 4 nitrogen and oxygen atoms in total. The summed E-state index contributed by atoms with van der Waals surface area (Å²) in [6, 6.07) is 5.58. The molecule has 0 bridgehead atoms. The quantitative estimate of drug-likeness (QED) is 0.605. The number of nitrogens with zero attached hydrogens (tertiary/aromatic N) is 1. The number of aliphatic hydroxyl groups is 1. The van der Waals surface area contributed by atoms with Gasteiger partial charge in [0.05, 0.1) is 0 Å². The van der Waals surface area contributed by atoms with E-state index in [-0.39, 0.29) is 0 Å². The molecule has 0 radical (unpaired) electrons. The average molecular weight is 203 g/mol. The van der Waals surface area contributed by atoms with Crippen molar-refractivity contribution in [2.24, 2.45) is 5.73 Å². The van der Waals surface area contributed by atoms with E-state index in [1.54, 1.807) is 6.20 Å². The van der Waals surface area contributed by atoms with Gasteiger partial charge in [-0.1, -0.05) is 0 Å². The first-order valence-electron chi connectivity index (χ1n) is 4.68. The molecule has 4 heteroatoms. The van der Waals surface area contributed by atoms with Crippen molar-refractivity contribution in [1.82, 2.24) is 4.98 Å². The lowest BCUT2D eigenvalue weighted by Crippen LogP contribution is -2.10. The number of aliphatic hydroxyl groups excluding tert-OH is 1. The molecule has 0 aliphatic rings. The second-order valence-electron chi connectivity index (χ2n) is 3.57. The zero-order chi connectivity index (χ0) is 11.0. The van der Waals surface area contributed by atoms with E-state index in [2.05, 4.69) is 4.98 Å². The molecular weight excluding hydrogens is 190 g/mol. The van der Waals surface area contributed by atoms with E-state index < -0.39 is 6.23 Å². The second-order valence-corrected chi connectivity index (χ2v) is 3.57. The fraction of sp³-hybridized carbons (Fsp3) is 0.182. The first kappa shape index (κ1) is 9.89. The summed E-state index contributed by atoms with van der Waals surface area (Å²) in [5.74, 6) is 0.494. The zero-order valence-electron chi connectivity index (χ0n) is 8.44. The molecule has 1 atom stereocenters. The van der Waals surface area contributed by atoms with Gasteiger partial charge < -0.3 is 16.6 Å². The summed E-state index contributed by atoms with van der Waals surface area (Å²) in [6.45, 7) is 1.89. The van der Waals surface area contributed by atoms with Gasteiger partial charge in [-0.15, -0.1) is 0 Å². The summed E-state index contributed by atoms with van der Waals surface area (Å²) in [5, 5.41) is 11.2. The molecule has 1 unspecified atom stereocenters. The van der Waals surface area contributed by atoms with E-state index in [4.69, 9.17) is 11.5 Å². The van der Waals surface area contributed by atoms with Crippen molar-refractivity contribution in [3.63, 3.8) is 0 Å². The van der Waals surface area contributed by atoms with Crippen LogP contribution >= 0.6 is 0 Å². The van der Waals surface area contributed by atoms with Crippen LogP contribution in [-0.2, 0) is 0 Å². The highest BCUT2D eigenvalue weighted by Gasteiger charge is 2.08. The standard InChI is InChI=1S/C11H13N3O/c1-6-4-9-7(2-3-14-10(9)12)5-8(6)11(13)15/h2-5,11,15H,13H2,1H3,(H2,12,14). The molecule has 2 rings (SSSR count). The molecule has 1 aromatic carbocycles. The van der Waals surface area contributed by atoms with Crippen LogP contribution in [-0.4, -0.2) is 10.1 Å². The predicted octanol–water partition coefficient (Wildman–Crippen LogP) is 1.08. The Balaban J connectivity index is 2.76. The molecule has 0 saturated heterocycles. The minimum Gasteiger partial charge on any atom is -0.383 e. The Morgan fingerprint density at radius 1 is 1.40 bits per heavy atom. The third-order valence-corrected chi connectivity index (χ3v) is 2.50. The van der Waals surface area contributed by atoms with Gasteiger partial charge in [0.15, 0.2) is 0 Å². The van der Waals surface area contributed by atoms with Gasteiger partial charge in [0, 0.05) is 11.6 Å². The number of rotatable bonds is 1. The summed E-state index contributed by atoms with van der Waals surface area (Å²) in [5.41, 5.74) is 12.8. The van der Waals surface area contributed by atoms with Gasteiger partial charge in [-0.2, -0.15) is 0 Å². The van der Waals surface area contributed by atoms with E-state index >= 15 is 0 Å². The summed E-state index contributed by atoms with van der Waals surface area (Å²) in [6.07, 6.45) is 0.684. The first-order chi connectivity index (χ1) is 7.09. The van der Waals surface area contributed by atoms with Crippen LogP contribution < -0.4 is 11.5 Å². The van der Waals surface area contributed by atoms with Crippen LogP contribution in [0.25, 0.3) is 10.8 Å². The van der Waals surface area contributed by atoms with Gasteiger partial charge >= 0.3 is 0 Å². The van der Waals surface area contributed by atoms with Crippen molar-refractivity contribution in [2.45, 2.75) is 13.2 Å². The Morgan fingerprint density at radius 3 is 2.80 bits per heavy atom. The Labute approximate surface area is 87.5 Å². The molecule has 0 aliphatic heterocycles. The molecule has 0 saturated carbocycles. The fourth-order valence-electron chi connectivity index (χ4n) is 1.69. The van der Waals surface area contributed by atoms with E-state index in [9.17, 15) is 5.11 Å². The van der Waals surface area contributed by atoms with Crippen molar-refractivity contribution in [3.8, 4) is 0 Å². The maximum absolute atomic E-state index is 9.36. The lowest BCUT2D eigenvalue weighted by atomic mass is 10.0. The number of fused-ring (bicyclic) bond motifs is 1. The van der Waals surface area contributed by atoms with Gasteiger partial charge in [-0.3, -0.25) is 0 Å². The number of pyridine rings is 1. The van der Waals surface area contributed by atoms with Crippen LogP contribution in [0.3, 0.4) is 0 Å². The summed E-state index contributed by atoms with van der Waals surface area (Å²) < 4.78 is 0. The van der Waals surface area contributed by atoms with Crippen LogP contribution in [0.4, 0.5) is 5.82 Å². The Hall–Kier alpha value is -1.65. The Morgan fingerprint density at radius 2 is 2.13 bits per heavy atom. The molecule has 78 valence electrons. The maximum Gasteiger partial charge on any atom is 0.131 e. The largest absolute Gasteiger partial charge is 0.383 e. The van der Waals surface area contributed by atoms with Crippen LogP contribution in [0.2, 0.25) is 0 Å². The number of anilines is 1. The maximum atomic E-state index is 9.36. The van der Waals surface area contributed by atoms with Crippen molar-refractivity contribution in [2.75, 3.05) is 5.73 Å². The van der Waals surface area contributed by atoms with Crippen LogP contribution in [0.15, 0.2) is 24.4 Å². The highest BCUT2D eigenvalue weighted by molar-refractivity contribution is 5.91. The highest BCUT2D eigenvalue weighted by atomic mass is 16.3. The van der Waals surface area contributed by atoms with Gasteiger partial charge in [0.1, 0.15) is 12.0 Å². The number of nitrogen functional groups attached to an aromatic ring is 1. The lowest BCUT2D eigenvalue weighted by molar-refractivity contribution is 0.185. The highest BCUT2D eigenvalue weighted by Crippen LogP contribution is 2.25. The van der Waals surface area contributed by atoms with Gasteiger partial charge in [-0.05, 0) is 41.6 Å². The zero-order valence-corrected chi connectivity index (χ0v) is 8.44. The normalized spacial score (nSPS) is 13.0. The number of benzene rings is 1. The molecule has 0 amide bonds. The van der Waals surface area contributed by atoms with Crippen molar-refractivity contribution >= 4 is 16.6 Å². The summed E-state index contributed by atoms with van der Waals surface area (Å²) in [7, 11) is 0. The van der Waals surface area contributed by atoms with Crippen LogP contribution in [0.5, 0.6) is 0 Å². The SMILES string of the molecule is Cc1cc2c(N)nccc2cc1C(N)O. The third kappa shape index (κ3) is 1.65. The third-order valence-electron chi connectivity index (χ3n) is 2.50. The first-order valence-corrected chi connectivity index (χ1v) is 4.68. The lowest BCUT2D eigenvalue weighted by Gasteiger charge is -2.11.